The molecule has 4 atom stereocenters. The third kappa shape index (κ3) is 1.37. The van der Waals surface area contributed by atoms with Crippen molar-refractivity contribution in [1.29, 1.82) is 0 Å². The number of ether oxygens (including phenoxy) is 1. The summed E-state index contributed by atoms with van der Waals surface area (Å²) in [4.78, 5) is 11.7. The lowest BCUT2D eigenvalue weighted by Gasteiger charge is -2.54. The summed E-state index contributed by atoms with van der Waals surface area (Å²) in [6.45, 7) is 6.55. The van der Waals surface area contributed by atoms with Crippen LogP contribution in [0.3, 0.4) is 0 Å². The smallest absolute Gasteiger partial charge is 0.309 e. The number of carboxylic acids is 1. The lowest BCUT2D eigenvalue weighted by molar-refractivity contribution is -0.206. The minimum absolute atomic E-state index is 0.0680. The zero-order valence-corrected chi connectivity index (χ0v) is 11.7. The van der Waals surface area contributed by atoms with Crippen molar-refractivity contribution in [2.45, 2.75) is 70.5 Å². The summed E-state index contributed by atoms with van der Waals surface area (Å²) in [6.07, 6.45) is 6.22. The van der Waals surface area contributed by atoms with E-state index in [2.05, 4.69) is 20.8 Å². The Labute approximate surface area is 109 Å². The molecule has 2 saturated carbocycles. The van der Waals surface area contributed by atoms with Crippen molar-refractivity contribution in [3.63, 3.8) is 0 Å². The summed E-state index contributed by atoms with van der Waals surface area (Å²) in [5.74, 6) is -0.425. The molecule has 3 rings (SSSR count). The molecule has 2 aliphatic carbocycles. The number of carboxylic acid groups (broad SMARTS) is 1. The Morgan fingerprint density at radius 1 is 1.22 bits per heavy atom. The minimum Gasteiger partial charge on any atom is -0.481 e. The summed E-state index contributed by atoms with van der Waals surface area (Å²) in [6, 6.07) is 0. The molecule has 3 nitrogen and oxygen atoms in total. The van der Waals surface area contributed by atoms with Gasteiger partial charge in [-0.25, -0.2) is 0 Å². The van der Waals surface area contributed by atoms with Crippen LogP contribution in [0.25, 0.3) is 0 Å². The second kappa shape index (κ2) is 3.50. The molecule has 0 aromatic rings. The average Bonchev–Trinajstić information content (AvgIpc) is 2.49. The predicted molar refractivity (Wildman–Crippen MR) is 68.3 cm³/mol. The summed E-state index contributed by atoms with van der Waals surface area (Å²) < 4.78 is 6.46. The van der Waals surface area contributed by atoms with Crippen LogP contribution >= 0.6 is 0 Å². The first-order valence-corrected chi connectivity index (χ1v) is 7.24. The molecule has 1 aliphatic heterocycles. The van der Waals surface area contributed by atoms with E-state index in [0.29, 0.717) is 5.92 Å². The second-order valence-corrected chi connectivity index (χ2v) is 7.38. The van der Waals surface area contributed by atoms with Crippen molar-refractivity contribution >= 4 is 5.97 Å². The van der Waals surface area contributed by atoms with Gasteiger partial charge in [-0.15, -0.1) is 0 Å². The van der Waals surface area contributed by atoms with E-state index in [1.165, 1.54) is 6.42 Å². The van der Waals surface area contributed by atoms with E-state index >= 15 is 0 Å². The maximum absolute atomic E-state index is 11.7. The Balaban J connectivity index is 2.07. The molecule has 0 aromatic carbocycles. The van der Waals surface area contributed by atoms with Crippen LogP contribution < -0.4 is 0 Å². The Morgan fingerprint density at radius 2 is 1.94 bits per heavy atom. The molecule has 0 radical (unpaired) electrons. The van der Waals surface area contributed by atoms with Gasteiger partial charge in [0.2, 0.25) is 0 Å². The number of carbonyl (C=O) groups is 1. The number of rotatable bonds is 1. The average molecular weight is 252 g/mol. The van der Waals surface area contributed by atoms with Crippen molar-refractivity contribution in [3.05, 3.63) is 0 Å². The summed E-state index contributed by atoms with van der Waals surface area (Å²) in [5.41, 5.74) is -0.481. The maximum Gasteiger partial charge on any atom is 0.309 e. The van der Waals surface area contributed by atoms with Gasteiger partial charge in [0.1, 0.15) is 0 Å². The van der Waals surface area contributed by atoms with E-state index in [1.807, 2.05) is 0 Å². The van der Waals surface area contributed by atoms with E-state index in [4.69, 9.17) is 4.74 Å². The summed E-state index contributed by atoms with van der Waals surface area (Å²) in [7, 11) is 0. The molecule has 1 unspecified atom stereocenters. The molecule has 1 N–H and O–H groups in total. The Morgan fingerprint density at radius 3 is 2.61 bits per heavy atom. The Kier molecular flexibility index (Phi) is 2.42. The normalized spacial score (nSPS) is 49.7. The highest BCUT2D eigenvalue weighted by atomic mass is 16.5. The molecular weight excluding hydrogens is 228 g/mol. The monoisotopic (exact) mass is 252 g/mol. The van der Waals surface area contributed by atoms with Crippen LogP contribution in [0.1, 0.15) is 59.3 Å². The maximum atomic E-state index is 11.7. The largest absolute Gasteiger partial charge is 0.481 e. The van der Waals surface area contributed by atoms with Crippen molar-refractivity contribution < 1.29 is 14.6 Å². The van der Waals surface area contributed by atoms with Crippen LogP contribution in [0.2, 0.25) is 0 Å². The van der Waals surface area contributed by atoms with Gasteiger partial charge in [-0.2, -0.15) is 0 Å². The number of fused-ring (bicyclic) bond motifs is 1. The molecule has 0 amide bonds. The van der Waals surface area contributed by atoms with Crippen LogP contribution in [0.5, 0.6) is 0 Å². The molecule has 2 bridgehead atoms. The molecule has 102 valence electrons. The molecule has 18 heavy (non-hydrogen) atoms. The first-order valence-electron chi connectivity index (χ1n) is 7.24. The minimum atomic E-state index is -0.653. The number of hydrogen-bond donors (Lipinski definition) is 1. The third-order valence-corrected chi connectivity index (χ3v) is 6.13. The quantitative estimate of drug-likeness (QED) is 0.779. The van der Waals surface area contributed by atoms with Gasteiger partial charge in [-0.3, -0.25) is 4.79 Å². The molecule has 3 aliphatic rings. The molecule has 0 aromatic heterocycles. The number of hydrogen-bond acceptors (Lipinski definition) is 2. The van der Waals surface area contributed by atoms with E-state index in [9.17, 15) is 9.90 Å². The zero-order chi connectivity index (χ0) is 13.2. The topological polar surface area (TPSA) is 46.5 Å². The highest BCUT2D eigenvalue weighted by Gasteiger charge is 2.67. The van der Waals surface area contributed by atoms with Crippen LogP contribution in [-0.2, 0) is 9.53 Å². The van der Waals surface area contributed by atoms with Crippen LogP contribution in [-0.4, -0.2) is 22.3 Å². The van der Waals surface area contributed by atoms with Crippen molar-refractivity contribution in [1.82, 2.24) is 0 Å². The van der Waals surface area contributed by atoms with Crippen molar-refractivity contribution in [3.8, 4) is 0 Å². The lowest BCUT2D eigenvalue weighted by Crippen LogP contribution is -2.58. The van der Waals surface area contributed by atoms with Gasteiger partial charge in [-0.1, -0.05) is 13.3 Å². The van der Waals surface area contributed by atoms with Gasteiger partial charge < -0.3 is 9.84 Å². The van der Waals surface area contributed by atoms with Gasteiger partial charge in [0.05, 0.1) is 17.1 Å². The number of aliphatic carboxylic acids is 1. The van der Waals surface area contributed by atoms with Crippen LogP contribution in [0, 0.1) is 17.3 Å². The van der Waals surface area contributed by atoms with E-state index in [1.54, 1.807) is 0 Å². The zero-order valence-electron chi connectivity index (χ0n) is 11.7. The fourth-order valence-corrected chi connectivity index (χ4v) is 4.95. The van der Waals surface area contributed by atoms with Crippen molar-refractivity contribution in [2.75, 3.05) is 0 Å². The van der Waals surface area contributed by atoms with Gasteiger partial charge in [0.25, 0.3) is 0 Å². The highest BCUT2D eigenvalue weighted by molar-refractivity contribution is 5.72. The first kappa shape index (κ1) is 12.5. The Hall–Kier alpha value is -0.570. The van der Waals surface area contributed by atoms with Crippen molar-refractivity contribution in [2.24, 2.45) is 17.3 Å². The van der Waals surface area contributed by atoms with Gasteiger partial charge in [0, 0.05) is 0 Å². The Bertz CT molecular complexity index is 389. The van der Waals surface area contributed by atoms with E-state index < -0.39 is 11.6 Å². The van der Waals surface area contributed by atoms with E-state index in [-0.39, 0.29) is 16.9 Å². The molecule has 1 spiro atoms. The summed E-state index contributed by atoms with van der Waals surface area (Å²) in [5, 5.41) is 9.60. The second-order valence-electron chi connectivity index (χ2n) is 7.38. The highest BCUT2D eigenvalue weighted by Crippen LogP contribution is 2.65. The lowest BCUT2D eigenvalue weighted by atomic mass is 9.52. The van der Waals surface area contributed by atoms with E-state index in [0.717, 1.165) is 32.1 Å². The van der Waals surface area contributed by atoms with Crippen LogP contribution in [0.15, 0.2) is 0 Å². The standard InChI is InChI=1S/C15H24O3/c1-13(2)10-6-8-14(3)7-4-5-11(12(16)17)15(14,9-10)18-13/h10-11H,4-9H2,1-3H3,(H,16,17)/t10-,11-,14?,15+/m1/s1. The molecular formula is C15H24O3. The molecule has 3 fully saturated rings. The fraction of sp³-hybridized carbons (Fsp3) is 0.933. The van der Waals surface area contributed by atoms with Crippen LogP contribution in [0.4, 0.5) is 0 Å². The van der Waals surface area contributed by atoms with Gasteiger partial charge in [-0.05, 0) is 57.3 Å². The van der Waals surface area contributed by atoms with Gasteiger partial charge in [0.15, 0.2) is 0 Å². The molecule has 3 heteroatoms. The molecule has 1 heterocycles. The fourth-order valence-electron chi connectivity index (χ4n) is 4.95. The molecule has 1 saturated heterocycles. The predicted octanol–water partition coefficient (Wildman–Crippen LogP) is 3.23. The summed E-state index contributed by atoms with van der Waals surface area (Å²) >= 11 is 0. The first-order chi connectivity index (χ1) is 8.31. The SMILES string of the molecule is CC1(C)O[C@]23C[C@H]1CCC2(C)CCC[C@@H]3C(=O)O. The van der Waals surface area contributed by atoms with Gasteiger partial charge >= 0.3 is 5.97 Å². The third-order valence-electron chi connectivity index (χ3n) is 6.13.